The predicted molar refractivity (Wildman–Crippen MR) is 128 cm³/mol. The first-order chi connectivity index (χ1) is 15.6. The lowest BCUT2D eigenvalue weighted by Crippen LogP contribution is -2.33. The number of hydrogen-bond acceptors (Lipinski definition) is 6. The summed E-state index contributed by atoms with van der Waals surface area (Å²) in [5, 5.41) is 12.8. The molecule has 1 aliphatic heterocycles. The minimum Gasteiger partial charge on any atom is -0.394 e. The van der Waals surface area contributed by atoms with Crippen LogP contribution in [0.1, 0.15) is 11.1 Å². The molecule has 0 aromatic heterocycles. The number of aliphatic hydroxyl groups is 1. The van der Waals surface area contributed by atoms with Gasteiger partial charge in [-0.05, 0) is 61.0 Å². The number of fused-ring (bicyclic) bond motifs is 1. The minimum atomic E-state index is -4.00. The molecule has 0 unspecified atom stereocenters. The van der Waals surface area contributed by atoms with Crippen molar-refractivity contribution in [2.24, 2.45) is 4.40 Å². The molecule has 1 aliphatic rings. The fraction of sp³-hybridized carbons (Fsp3) is 0.136. The number of amidine groups is 1. The van der Waals surface area contributed by atoms with Crippen molar-refractivity contribution < 1.29 is 21.9 Å². The van der Waals surface area contributed by atoms with Gasteiger partial charge in [0.1, 0.15) is 4.90 Å². The molecule has 0 fully saturated rings. The zero-order valence-electron chi connectivity index (χ0n) is 17.4. The van der Waals surface area contributed by atoms with Gasteiger partial charge in [-0.1, -0.05) is 29.8 Å². The second-order valence-corrected chi connectivity index (χ2v) is 11.1. The highest BCUT2D eigenvalue weighted by molar-refractivity contribution is 7.92. The molecular weight excluding hydrogens is 486 g/mol. The van der Waals surface area contributed by atoms with Crippen molar-refractivity contribution in [2.75, 3.05) is 22.8 Å². The van der Waals surface area contributed by atoms with Crippen LogP contribution in [0.15, 0.2) is 80.9 Å². The van der Waals surface area contributed by atoms with E-state index in [2.05, 4.69) is 9.71 Å². The Labute approximate surface area is 197 Å². The number of nitrogens with zero attached hydrogens (tertiary/aromatic N) is 2. The van der Waals surface area contributed by atoms with Crippen LogP contribution in [0.4, 0.5) is 11.4 Å². The molecular formula is C22H20ClN3O5S2. The first-order valence-electron chi connectivity index (χ1n) is 9.85. The third-order valence-corrected chi connectivity index (χ3v) is 8.67. The van der Waals surface area contributed by atoms with E-state index in [0.29, 0.717) is 22.0 Å². The fourth-order valence-electron chi connectivity index (χ4n) is 3.39. The summed E-state index contributed by atoms with van der Waals surface area (Å²) < 4.78 is 55.8. The van der Waals surface area contributed by atoms with Crippen molar-refractivity contribution in [2.45, 2.75) is 16.7 Å². The summed E-state index contributed by atoms with van der Waals surface area (Å²) in [6.45, 7) is 1.28. The maximum Gasteiger partial charge on any atom is 0.285 e. The number of aliphatic hydroxyl groups excluding tert-OH is 1. The van der Waals surface area contributed by atoms with Crippen LogP contribution < -0.4 is 9.62 Å². The van der Waals surface area contributed by atoms with Crippen molar-refractivity contribution in [1.29, 1.82) is 0 Å². The standard InChI is InChI=1S/C22H20ClN3O5S2/c1-15-6-9-17(14-20(15)23)26(12-13-27)33(30,31)18-10-7-16(8-11-18)24-22-19-4-2-3-5-21(19)32(28,29)25-22/h2-11,14,27H,12-13H2,1H3,(H,24,25). The lowest BCUT2D eigenvalue weighted by atomic mass is 10.2. The first kappa shape index (κ1) is 23.2. The number of aryl methyl sites for hydroxylation is 1. The number of anilines is 2. The Bertz CT molecular complexity index is 1450. The molecule has 1 heterocycles. The van der Waals surface area contributed by atoms with Gasteiger partial charge in [-0.3, -0.25) is 4.31 Å². The molecule has 0 aliphatic carbocycles. The molecule has 33 heavy (non-hydrogen) atoms. The average Bonchev–Trinajstić information content (AvgIpc) is 3.04. The van der Waals surface area contributed by atoms with E-state index >= 15 is 0 Å². The van der Waals surface area contributed by atoms with E-state index < -0.39 is 20.0 Å². The minimum absolute atomic E-state index is 0.000389. The number of hydrogen-bond donors (Lipinski definition) is 2. The van der Waals surface area contributed by atoms with E-state index in [0.717, 1.165) is 9.87 Å². The van der Waals surface area contributed by atoms with Crippen molar-refractivity contribution in [3.63, 3.8) is 0 Å². The normalized spacial score (nSPS) is 14.5. The Morgan fingerprint density at radius 1 is 1.06 bits per heavy atom. The number of rotatable bonds is 6. The van der Waals surface area contributed by atoms with Gasteiger partial charge in [-0.2, -0.15) is 8.42 Å². The zero-order valence-corrected chi connectivity index (χ0v) is 19.8. The smallest absolute Gasteiger partial charge is 0.285 e. The van der Waals surface area contributed by atoms with E-state index in [-0.39, 0.29) is 28.8 Å². The van der Waals surface area contributed by atoms with E-state index in [1.165, 1.54) is 36.4 Å². The fourth-order valence-corrected chi connectivity index (χ4v) is 6.18. The van der Waals surface area contributed by atoms with Crippen molar-refractivity contribution >= 4 is 48.9 Å². The molecule has 0 amide bonds. The van der Waals surface area contributed by atoms with Crippen LogP contribution in [0, 0.1) is 6.92 Å². The van der Waals surface area contributed by atoms with Crippen LogP contribution >= 0.6 is 11.6 Å². The lowest BCUT2D eigenvalue weighted by Gasteiger charge is -2.24. The topological polar surface area (TPSA) is 116 Å². The Morgan fingerprint density at radius 3 is 2.42 bits per heavy atom. The van der Waals surface area contributed by atoms with Crippen molar-refractivity contribution in [3.05, 3.63) is 82.9 Å². The summed E-state index contributed by atoms with van der Waals surface area (Å²) in [6.07, 6.45) is 0. The van der Waals surface area contributed by atoms with Crippen molar-refractivity contribution in [1.82, 2.24) is 0 Å². The zero-order chi connectivity index (χ0) is 23.8. The van der Waals surface area contributed by atoms with Gasteiger partial charge in [0, 0.05) is 16.3 Å². The molecule has 172 valence electrons. The average molecular weight is 506 g/mol. The van der Waals surface area contributed by atoms with Crippen LogP contribution in [-0.4, -0.2) is 40.9 Å². The van der Waals surface area contributed by atoms with Crippen LogP contribution in [-0.2, 0) is 20.0 Å². The van der Waals surface area contributed by atoms with Gasteiger partial charge in [0.2, 0.25) is 0 Å². The summed E-state index contributed by atoms with van der Waals surface area (Å²) in [6, 6.07) is 17.1. The highest BCUT2D eigenvalue weighted by atomic mass is 35.5. The number of nitrogens with one attached hydrogen (secondary N) is 1. The summed E-state index contributed by atoms with van der Waals surface area (Å²) in [5.41, 5.74) is 2.05. The van der Waals surface area contributed by atoms with Gasteiger partial charge in [-0.25, -0.2) is 8.42 Å². The Hall–Kier alpha value is -2.92. The molecule has 0 saturated carbocycles. The Morgan fingerprint density at radius 2 is 1.76 bits per heavy atom. The van der Waals surface area contributed by atoms with E-state index in [1.54, 1.807) is 37.3 Å². The van der Waals surface area contributed by atoms with E-state index in [9.17, 15) is 21.9 Å². The van der Waals surface area contributed by atoms with E-state index in [4.69, 9.17) is 11.6 Å². The van der Waals surface area contributed by atoms with Crippen molar-refractivity contribution in [3.8, 4) is 0 Å². The molecule has 3 aromatic carbocycles. The summed E-state index contributed by atoms with van der Waals surface area (Å²) >= 11 is 6.17. The summed E-state index contributed by atoms with van der Waals surface area (Å²) in [4.78, 5) is 0.114. The molecule has 0 saturated heterocycles. The SMILES string of the molecule is Cc1ccc(N(CCO)S(=O)(=O)c2ccc(NC3=NS(=O)(=O)c4ccccc43)cc2)cc1Cl. The molecule has 0 spiro atoms. The lowest BCUT2D eigenvalue weighted by molar-refractivity contribution is 0.306. The summed E-state index contributed by atoms with van der Waals surface area (Å²) in [5.74, 6) is 0.164. The van der Waals surface area contributed by atoms with Gasteiger partial charge in [0.25, 0.3) is 20.0 Å². The highest BCUT2D eigenvalue weighted by Gasteiger charge is 2.29. The molecule has 8 nitrogen and oxygen atoms in total. The second-order valence-electron chi connectivity index (χ2n) is 7.29. The van der Waals surface area contributed by atoms with Gasteiger partial charge in [-0.15, -0.1) is 4.40 Å². The number of sulfonamides is 2. The summed E-state index contributed by atoms with van der Waals surface area (Å²) in [7, 11) is -7.77. The molecule has 2 N–H and O–H groups in total. The molecule has 4 rings (SSSR count). The van der Waals surface area contributed by atoms with Crippen LogP contribution in [0.5, 0.6) is 0 Å². The second kappa shape index (κ2) is 8.79. The van der Waals surface area contributed by atoms with Gasteiger partial charge < -0.3 is 10.4 Å². The first-order valence-corrected chi connectivity index (χ1v) is 13.1. The third kappa shape index (κ3) is 4.47. The van der Waals surface area contributed by atoms with E-state index in [1.807, 2.05) is 0 Å². The van der Waals surface area contributed by atoms with Gasteiger partial charge in [0.05, 0.1) is 23.7 Å². The molecule has 3 aromatic rings. The Balaban J connectivity index is 1.62. The number of benzene rings is 3. The van der Waals surface area contributed by atoms with Gasteiger partial charge >= 0.3 is 0 Å². The van der Waals surface area contributed by atoms with Crippen LogP contribution in [0.3, 0.4) is 0 Å². The predicted octanol–water partition coefficient (Wildman–Crippen LogP) is 3.40. The largest absolute Gasteiger partial charge is 0.394 e. The maximum absolute atomic E-state index is 13.3. The molecule has 0 bridgehead atoms. The van der Waals surface area contributed by atoms with Crippen LogP contribution in [0.25, 0.3) is 0 Å². The van der Waals surface area contributed by atoms with Crippen LogP contribution in [0.2, 0.25) is 5.02 Å². The third-order valence-electron chi connectivity index (χ3n) is 5.08. The monoisotopic (exact) mass is 505 g/mol. The Kier molecular flexibility index (Phi) is 6.19. The molecule has 0 radical (unpaired) electrons. The quantitative estimate of drug-likeness (QED) is 0.530. The van der Waals surface area contributed by atoms with Gasteiger partial charge in [0.15, 0.2) is 5.84 Å². The maximum atomic E-state index is 13.3. The highest BCUT2D eigenvalue weighted by Crippen LogP contribution is 2.30. The molecule has 11 heteroatoms. The number of halogens is 1. The molecule has 0 atom stereocenters.